The lowest BCUT2D eigenvalue weighted by molar-refractivity contribution is 0.110. The van der Waals surface area contributed by atoms with Crippen LogP contribution in [0.3, 0.4) is 0 Å². The molecule has 1 saturated heterocycles. The number of amides is 1. The number of likely N-dealkylation sites (tertiary alicyclic amines) is 1. The Hall–Kier alpha value is -1.66. The molecule has 0 aliphatic carbocycles. The van der Waals surface area contributed by atoms with E-state index in [0.717, 1.165) is 38.2 Å². The van der Waals surface area contributed by atoms with Gasteiger partial charge in [0.1, 0.15) is 0 Å². The second-order valence-electron chi connectivity index (χ2n) is 6.16. The molecule has 0 saturated carbocycles. The van der Waals surface area contributed by atoms with E-state index in [-0.39, 0.29) is 6.09 Å². The fourth-order valence-corrected chi connectivity index (χ4v) is 4.27. The number of methoxy groups -OCH3 is 1. The fraction of sp³-hybridized carbons (Fsp3) is 0.500. The molecule has 1 aromatic carbocycles. The third kappa shape index (κ3) is 3.87. The summed E-state index contributed by atoms with van der Waals surface area (Å²) in [5.41, 5.74) is 2.45. The molecule has 1 aliphatic rings. The molecule has 0 spiro atoms. The average Bonchev–Trinajstić information content (AvgIpc) is 2.94. The standard InChI is InChI=1S/C18H25N3O2S/c1-13-17(15-5-3-4-6-16(15)20-13)24-12-9-19-14-7-10-21(11-8-14)18(22)23-2/h3-6,14,19-20H,7-12H2,1-2H3. The Morgan fingerprint density at radius 2 is 2.12 bits per heavy atom. The molecule has 3 rings (SSSR count). The van der Waals surface area contributed by atoms with Crippen molar-refractivity contribution in [3.63, 3.8) is 0 Å². The topological polar surface area (TPSA) is 57.4 Å². The van der Waals surface area contributed by atoms with Gasteiger partial charge in [-0.05, 0) is 25.8 Å². The molecule has 0 bridgehead atoms. The molecule has 0 unspecified atom stereocenters. The van der Waals surface area contributed by atoms with Crippen molar-refractivity contribution < 1.29 is 9.53 Å². The number of hydrogen-bond donors (Lipinski definition) is 2. The number of H-pyrrole nitrogens is 1. The minimum atomic E-state index is -0.209. The summed E-state index contributed by atoms with van der Waals surface area (Å²) < 4.78 is 4.77. The van der Waals surface area contributed by atoms with Crippen molar-refractivity contribution in [2.75, 3.05) is 32.5 Å². The molecule has 6 heteroatoms. The molecule has 0 atom stereocenters. The van der Waals surface area contributed by atoms with Crippen molar-refractivity contribution in [3.05, 3.63) is 30.0 Å². The van der Waals surface area contributed by atoms with Gasteiger partial charge in [-0.15, -0.1) is 11.8 Å². The molecule has 2 heterocycles. The molecule has 1 aliphatic heterocycles. The molecule has 130 valence electrons. The van der Waals surface area contributed by atoms with Crippen LogP contribution in [0.15, 0.2) is 29.2 Å². The molecule has 24 heavy (non-hydrogen) atoms. The second-order valence-corrected chi connectivity index (χ2v) is 7.26. The molecule has 2 N–H and O–H groups in total. The third-order valence-electron chi connectivity index (χ3n) is 4.54. The minimum Gasteiger partial charge on any atom is -0.453 e. The maximum atomic E-state index is 11.5. The van der Waals surface area contributed by atoms with Gasteiger partial charge in [0.25, 0.3) is 0 Å². The quantitative estimate of drug-likeness (QED) is 0.643. The molecular weight excluding hydrogens is 322 g/mol. The summed E-state index contributed by atoms with van der Waals surface area (Å²) in [5, 5.41) is 4.93. The van der Waals surface area contributed by atoms with Crippen molar-refractivity contribution >= 4 is 28.8 Å². The molecule has 1 amide bonds. The van der Waals surface area contributed by atoms with Crippen molar-refractivity contribution in [2.45, 2.75) is 30.7 Å². The SMILES string of the molecule is COC(=O)N1CCC(NCCSc2c(C)[nH]c3ccccc23)CC1. The van der Waals surface area contributed by atoms with Crippen LogP contribution < -0.4 is 5.32 Å². The number of para-hydroxylation sites is 1. The van der Waals surface area contributed by atoms with Crippen LogP contribution in [0.1, 0.15) is 18.5 Å². The third-order valence-corrected chi connectivity index (χ3v) is 5.77. The Labute approximate surface area is 147 Å². The van der Waals surface area contributed by atoms with Gasteiger partial charge in [-0.2, -0.15) is 0 Å². The van der Waals surface area contributed by atoms with Gasteiger partial charge in [0.05, 0.1) is 7.11 Å². The predicted octanol–water partition coefficient (Wildman–Crippen LogP) is 3.39. The van der Waals surface area contributed by atoms with Crippen LogP contribution in [0.2, 0.25) is 0 Å². The zero-order valence-corrected chi connectivity index (χ0v) is 15.1. The van der Waals surface area contributed by atoms with E-state index >= 15 is 0 Å². The number of nitrogens with zero attached hydrogens (tertiary/aromatic N) is 1. The summed E-state index contributed by atoms with van der Waals surface area (Å²) in [4.78, 5) is 18.1. The first-order valence-corrected chi connectivity index (χ1v) is 9.44. The van der Waals surface area contributed by atoms with E-state index in [2.05, 4.69) is 41.5 Å². The Balaban J connectivity index is 1.43. The number of aromatic nitrogens is 1. The minimum absolute atomic E-state index is 0.209. The number of ether oxygens (including phenoxy) is 1. The molecule has 1 fully saturated rings. The Bertz CT molecular complexity index is 693. The van der Waals surface area contributed by atoms with Crippen LogP contribution in [0.25, 0.3) is 10.9 Å². The van der Waals surface area contributed by atoms with Gasteiger partial charge in [0.2, 0.25) is 0 Å². The lowest BCUT2D eigenvalue weighted by Crippen LogP contribution is -2.45. The molecule has 2 aromatic rings. The summed E-state index contributed by atoms with van der Waals surface area (Å²) in [6.07, 6.45) is 1.77. The van der Waals surface area contributed by atoms with E-state index in [0.29, 0.717) is 6.04 Å². The Morgan fingerprint density at radius 1 is 1.38 bits per heavy atom. The summed E-state index contributed by atoms with van der Waals surface area (Å²) in [6, 6.07) is 8.95. The smallest absolute Gasteiger partial charge is 0.409 e. The van der Waals surface area contributed by atoms with Crippen molar-refractivity contribution in [1.29, 1.82) is 0 Å². The van der Waals surface area contributed by atoms with Crippen LogP contribution in [0, 0.1) is 6.92 Å². The van der Waals surface area contributed by atoms with Crippen LogP contribution in [-0.4, -0.2) is 54.5 Å². The van der Waals surface area contributed by atoms with Crippen molar-refractivity contribution in [3.8, 4) is 0 Å². The zero-order chi connectivity index (χ0) is 16.9. The highest BCUT2D eigenvalue weighted by molar-refractivity contribution is 7.99. The van der Waals surface area contributed by atoms with Crippen molar-refractivity contribution in [1.82, 2.24) is 15.2 Å². The number of benzene rings is 1. The predicted molar refractivity (Wildman–Crippen MR) is 98.8 cm³/mol. The number of carbonyl (C=O) groups excluding carboxylic acids is 1. The number of carbonyl (C=O) groups is 1. The maximum absolute atomic E-state index is 11.5. The van der Waals surface area contributed by atoms with Gasteiger partial charge in [0.15, 0.2) is 0 Å². The summed E-state index contributed by atoms with van der Waals surface area (Å²) in [6.45, 7) is 4.67. The molecular formula is C18H25N3O2S. The summed E-state index contributed by atoms with van der Waals surface area (Å²) in [7, 11) is 1.44. The highest BCUT2D eigenvalue weighted by Gasteiger charge is 2.22. The van der Waals surface area contributed by atoms with E-state index in [9.17, 15) is 4.79 Å². The zero-order valence-electron chi connectivity index (χ0n) is 14.3. The lowest BCUT2D eigenvalue weighted by Gasteiger charge is -2.31. The lowest BCUT2D eigenvalue weighted by atomic mass is 10.1. The van der Waals surface area contributed by atoms with Gasteiger partial charge in [-0.1, -0.05) is 18.2 Å². The first kappa shape index (κ1) is 17.2. The second kappa shape index (κ2) is 7.94. The Kier molecular flexibility index (Phi) is 5.68. The number of piperidine rings is 1. The van der Waals surface area contributed by atoms with Crippen molar-refractivity contribution in [2.24, 2.45) is 0 Å². The van der Waals surface area contributed by atoms with E-state index < -0.39 is 0 Å². The first-order chi connectivity index (χ1) is 11.7. The first-order valence-electron chi connectivity index (χ1n) is 8.45. The number of fused-ring (bicyclic) bond motifs is 1. The molecule has 1 aromatic heterocycles. The van der Waals surface area contributed by atoms with Crippen LogP contribution in [-0.2, 0) is 4.74 Å². The van der Waals surface area contributed by atoms with E-state index in [1.807, 2.05) is 11.8 Å². The number of aromatic amines is 1. The van der Waals surface area contributed by atoms with Gasteiger partial charge < -0.3 is 19.9 Å². The number of thioether (sulfide) groups is 1. The molecule has 5 nitrogen and oxygen atoms in total. The van der Waals surface area contributed by atoms with Crippen LogP contribution >= 0.6 is 11.8 Å². The fourth-order valence-electron chi connectivity index (χ4n) is 3.25. The number of nitrogens with one attached hydrogen (secondary N) is 2. The average molecular weight is 347 g/mol. The van der Waals surface area contributed by atoms with Gasteiger partial charge in [-0.25, -0.2) is 4.79 Å². The van der Waals surface area contributed by atoms with Gasteiger partial charge in [-0.3, -0.25) is 0 Å². The number of rotatable bonds is 5. The van der Waals surface area contributed by atoms with E-state index in [1.165, 1.54) is 28.6 Å². The molecule has 0 radical (unpaired) electrons. The summed E-state index contributed by atoms with van der Waals surface area (Å²) >= 11 is 1.90. The maximum Gasteiger partial charge on any atom is 0.409 e. The summed E-state index contributed by atoms with van der Waals surface area (Å²) in [5.74, 6) is 1.04. The number of aryl methyl sites for hydroxylation is 1. The number of hydrogen-bond acceptors (Lipinski definition) is 4. The highest BCUT2D eigenvalue weighted by atomic mass is 32.2. The van der Waals surface area contributed by atoms with E-state index in [4.69, 9.17) is 4.74 Å². The monoisotopic (exact) mass is 347 g/mol. The van der Waals surface area contributed by atoms with Gasteiger partial charge >= 0.3 is 6.09 Å². The van der Waals surface area contributed by atoms with Crippen LogP contribution in [0.4, 0.5) is 4.79 Å². The highest BCUT2D eigenvalue weighted by Crippen LogP contribution is 2.30. The Morgan fingerprint density at radius 3 is 2.88 bits per heavy atom. The van der Waals surface area contributed by atoms with E-state index in [1.54, 1.807) is 4.90 Å². The normalized spacial score (nSPS) is 15.8. The van der Waals surface area contributed by atoms with Crippen LogP contribution in [0.5, 0.6) is 0 Å². The van der Waals surface area contributed by atoms with Gasteiger partial charge in [0, 0.05) is 52.9 Å². The largest absolute Gasteiger partial charge is 0.453 e.